The van der Waals surface area contributed by atoms with Crippen molar-refractivity contribution in [1.82, 2.24) is 10.2 Å². The highest BCUT2D eigenvalue weighted by molar-refractivity contribution is 7.92. The Morgan fingerprint density at radius 2 is 1.45 bits per heavy atom. The summed E-state index contributed by atoms with van der Waals surface area (Å²) < 4.78 is 59.0. The third-order valence-electron chi connectivity index (χ3n) is 6.84. The fraction of sp³-hybridized carbons (Fsp3) is 0.267. The van der Waals surface area contributed by atoms with Gasteiger partial charge in [-0.1, -0.05) is 47.5 Å². The van der Waals surface area contributed by atoms with E-state index in [-0.39, 0.29) is 22.9 Å². The van der Waals surface area contributed by atoms with Crippen molar-refractivity contribution in [3.8, 4) is 6.07 Å². The number of benzene rings is 3. The highest BCUT2D eigenvalue weighted by Gasteiger charge is 2.41. The quantitative estimate of drug-likeness (QED) is 0.278. The van der Waals surface area contributed by atoms with Gasteiger partial charge in [-0.05, 0) is 60.5 Å². The fourth-order valence-electron chi connectivity index (χ4n) is 4.70. The second kappa shape index (κ2) is 15.0. The first-order chi connectivity index (χ1) is 21.8. The Labute approximate surface area is 277 Å². The molecule has 17 heteroatoms. The maximum atomic E-state index is 13.0. The molecule has 1 saturated heterocycles. The average Bonchev–Trinajstić information content (AvgIpc) is 2.96. The summed E-state index contributed by atoms with van der Waals surface area (Å²) in [4.78, 5) is 34.9. The van der Waals surface area contributed by atoms with Crippen LogP contribution in [0.1, 0.15) is 40.0 Å². The predicted molar refractivity (Wildman–Crippen MR) is 167 cm³/mol. The second-order valence-electron chi connectivity index (χ2n) is 10.4. The van der Waals surface area contributed by atoms with Crippen LogP contribution in [0.2, 0.25) is 10.0 Å². The normalized spacial score (nSPS) is 14.2. The molecular weight excluding hydrogens is 688 g/mol. The smallest absolute Gasteiger partial charge is 0.480 e. The Hall–Kier alpha value is -4.36. The minimum absolute atomic E-state index is 0.0211. The van der Waals surface area contributed by atoms with Gasteiger partial charge in [0, 0.05) is 28.7 Å². The van der Waals surface area contributed by atoms with Crippen LogP contribution in [0.3, 0.4) is 0 Å². The number of rotatable bonds is 9. The lowest BCUT2D eigenvalue weighted by Gasteiger charge is -2.48. The lowest BCUT2D eigenvalue weighted by atomic mass is 9.93. The van der Waals surface area contributed by atoms with Gasteiger partial charge in [0.25, 0.3) is 5.91 Å². The molecule has 0 bridgehead atoms. The molecule has 1 aliphatic rings. The van der Waals surface area contributed by atoms with Crippen LogP contribution in [0.5, 0.6) is 0 Å². The third kappa shape index (κ3) is 9.82. The molecule has 3 aromatic carbocycles. The van der Waals surface area contributed by atoms with Crippen LogP contribution in [-0.2, 0) is 19.6 Å². The molecule has 0 saturated carbocycles. The van der Waals surface area contributed by atoms with Crippen LogP contribution in [0, 0.1) is 11.3 Å². The van der Waals surface area contributed by atoms with Crippen molar-refractivity contribution >= 4 is 56.8 Å². The molecule has 11 nitrogen and oxygen atoms in total. The van der Waals surface area contributed by atoms with E-state index in [1.54, 1.807) is 24.3 Å². The first kappa shape index (κ1) is 37.1. The highest BCUT2D eigenvalue weighted by atomic mass is 35.5. The van der Waals surface area contributed by atoms with Gasteiger partial charge in [-0.25, -0.2) is 13.2 Å². The first-order valence-corrected chi connectivity index (χ1v) is 16.1. The number of carboxylic acids is 2. The number of aliphatic carboxylic acids is 2. The summed E-state index contributed by atoms with van der Waals surface area (Å²) >= 11 is 12.2. The topological polar surface area (TPSA) is 168 Å². The maximum absolute atomic E-state index is 13.0. The van der Waals surface area contributed by atoms with E-state index in [1.807, 2.05) is 30.3 Å². The van der Waals surface area contributed by atoms with Gasteiger partial charge in [0.15, 0.2) is 0 Å². The van der Waals surface area contributed by atoms with Crippen LogP contribution in [-0.4, -0.2) is 79.0 Å². The molecular formula is C30H27Cl2F3N4O7S. The Balaban J connectivity index is 0.000000771. The van der Waals surface area contributed by atoms with Gasteiger partial charge < -0.3 is 15.5 Å². The molecule has 3 aromatic rings. The number of anilines is 1. The molecule has 1 heterocycles. The van der Waals surface area contributed by atoms with Crippen molar-refractivity contribution in [2.45, 2.75) is 31.2 Å². The number of carbonyl (C=O) groups is 3. The van der Waals surface area contributed by atoms with E-state index in [0.29, 0.717) is 23.1 Å². The molecule has 0 aromatic heterocycles. The number of nitrogens with one attached hydrogen (secondary N) is 1. The van der Waals surface area contributed by atoms with E-state index in [0.717, 1.165) is 17.4 Å². The number of halogens is 5. The zero-order chi connectivity index (χ0) is 35.3. The number of hydrogen-bond acceptors (Lipinski definition) is 7. The van der Waals surface area contributed by atoms with Gasteiger partial charge in [-0.3, -0.25) is 18.8 Å². The number of carboxylic acid groups (broad SMARTS) is 2. The summed E-state index contributed by atoms with van der Waals surface area (Å²) in [6, 6.07) is 19.0. The molecule has 0 unspecified atom stereocenters. The van der Waals surface area contributed by atoms with E-state index in [9.17, 15) is 36.4 Å². The highest BCUT2D eigenvalue weighted by Crippen LogP contribution is 2.37. The molecule has 1 fully saturated rings. The Morgan fingerprint density at radius 1 is 0.979 bits per heavy atom. The molecule has 3 N–H and O–H groups in total. The average molecular weight is 716 g/mol. The number of likely N-dealkylation sites (tertiary alicyclic amines) is 1. The summed E-state index contributed by atoms with van der Waals surface area (Å²) in [7, 11) is -3.84. The molecule has 4 rings (SSSR count). The van der Waals surface area contributed by atoms with Gasteiger partial charge in [0.2, 0.25) is 10.0 Å². The van der Waals surface area contributed by atoms with Gasteiger partial charge in [0.1, 0.15) is 6.04 Å². The van der Waals surface area contributed by atoms with Crippen molar-refractivity contribution in [3.05, 3.63) is 99.0 Å². The van der Waals surface area contributed by atoms with Crippen LogP contribution >= 0.6 is 23.2 Å². The summed E-state index contributed by atoms with van der Waals surface area (Å²) in [5.74, 6) is -4.72. The lowest BCUT2D eigenvalue weighted by molar-refractivity contribution is -0.192. The van der Waals surface area contributed by atoms with Gasteiger partial charge in [-0.2, -0.15) is 18.4 Å². The van der Waals surface area contributed by atoms with Crippen molar-refractivity contribution in [2.24, 2.45) is 0 Å². The van der Waals surface area contributed by atoms with Crippen LogP contribution in [0.25, 0.3) is 0 Å². The summed E-state index contributed by atoms with van der Waals surface area (Å²) in [6.07, 6.45) is -4.02. The minimum Gasteiger partial charge on any atom is -0.480 e. The summed E-state index contributed by atoms with van der Waals surface area (Å²) in [5, 5.41) is 29.3. The summed E-state index contributed by atoms with van der Waals surface area (Å²) in [5.41, 5.74) is 2.12. The van der Waals surface area contributed by atoms with Gasteiger partial charge in [-0.15, -0.1) is 0 Å². The number of carbonyl (C=O) groups excluding carboxylic acids is 1. The molecule has 1 amide bonds. The molecule has 0 spiro atoms. The Kier molecular flexibility index (Phi) is 11.9. The first-order valence-electron chi connectivity index (χ1n) is 13.4. The van der Waals surface area contributed by atoms with Crippen molar-refractivity contribution in [2.75, 3.05) is 23.7 Å². The van der Waals surface area contributed by atoms with Crippen LogP contribution < -0.4 is 9.62 Å². The predicted octanol–water partition coefficient (Wildman–Crippen LogP) is 4.94. The van der Waals surface area contributed by atoms with Crippen LogP contribution in [0.15, 0.2) is 66.7 Å². The largest absolute Gasteiger partial charge is 0.490 e. The second-order valence-corrected chi connectivity index (χ2v) is 13.1. The molecule has 250 valence electrons. The minimum atomic E-state index is -5.08. The number of nitriles is 1. The Morgan fingerprint density at radius 3 is 1.83 bits per heavy atom. The standard InChI is InChI=1S/C28H26Cl2N4O5S.C2HF3O2/c1-17(28(36)37)32-27(35)21-11-18(14-31)12-24(13-21)34(40(2,38)39)25-15-33(16-25)26(19-3-7-22(29)8-4-19)20-5-9-23(30)10-6-20;3-2(4,5)1(6)7/h3-13,17,25-26H,15-16H2,1-2H3,(H,32,35)(H,36,37);(H,6,7)/t17-;/m0./s1. The summed E-state index contributed by atoms with van der Waals surface area (Å²) in [6.45, 7) is 2.02. The SMILES string of the molecule is C[C@H](NC(=O)c1cc(C#N)cc(N(C2CN(C(c3ccc(Cl)cc3)c3ccc(Cl)cc3)C2)S(C)(=O)=O)c1)C(=O)O.O=C(O)C(F)(F)F. The molecule has 0 radical (unpaired) electrons. The molecule has 47 heavy (non-hydrogen) atoms. The van der Waals surface area contributed by atoms with Crippen molar-refractivity contribution in [3.63, 3.8) is 0 Å². The monoisotopic (exact) mass is 714 g/mol. The molecule has 1 aliphatic heterocycles. The number of nitrogens with zero attached hydrogens (tertiary/aromatic N) is 3. The van der Waals surface area contributed by atoms with Crippen molar-refractivity contribution < 1.29 is 46.2 Å². The Bertz CT molecular complexity index is 1730. The number of hydrogen-bond donors (Lipinski definition) is 3. The number of sulfonamides is 1. The van der Waals surface area contributed by atoms with Crippen LogP contribution in [0.4, 0.5) is 18.9 Å². The van der Waals surface area contributed by atoms with E-state index in [1.165, 1.54) is 29.4 Å². The zero-order valence-corrected chi connectivity index (χ0v) is 26.9. The van der Waals surface area contributed by atoms with E-state index in [4.69, 9.17) is 38.2 Å². The molecule has 0 aliphatic carbocycles. The van der Waals surface area contributed by atoms with E-state index < -0.39 is 46.1 Å². The number of alkyl halides is 3. The van der Waals surface area contributed by atoms with Crippen molar-refractivity contribution in [1.29, 1.82) is 5.26 Å². The van der Waals surface area contributed by atoms with E-state index >= 15 is 0 Å². The third-order valence-corrected chi connectivity index (χ3v) is 8.57. The molecule has 1 atom stereocenters. The lowest BCUT2D eigenvalue weighted by Crippen LogP contribution is -2.61. The van der Waals surface area contributed by atoms with E-state index in [2.05, 4.69) is 10.2 Å². The fourth-order valence-corrected chi connectivity index (χ4v) is 6.12. The van der Waals surface area contributed by atoms with Gasteiger partial charge >= 0.3 is 18.1 Å². The maximum Gasteiger partial charge on any atom is 0.490 e. The van der Waals surface area contributed by atoms with Gasteiger partial charge in [0.05, 0.1) is 35.7 Å². The zero-order valence-electron chi connectivity index (χ0n) is 24.6. The number of amides is 1.